The third-order valence-electron chi connectivity index (χ3n) is 4.29. The quantitative estimate of drug-likeness (QED) is 0.690. The number of fused-ring (bicyclic) bond motifs is 1. The zero-order chi connectivity index (χ0) is 18.7. The molecule has 1 aromatic carbocycles. The Labute approximate surface area is 151 Å². The van der Waals surface area contributed by atoms with Crippen LogP contribution in [0.25, 0.3) is 11.0 Å². The van der Waals surface area contributed by atoms with Gasteiger partial charge in [0, 0.05) is 24.3 Å². The number of amides is 1. The van der Waals surface area contributed by atoms with Crippen LogP contribution >= 0.6 is 0 Å². The van der Waals surface area contributed by atoms with E-state index in [0.29, 0.717) is 17.7 Å². The summed E-state index contributed by atoms with van der Waals surface area (Å²) in [6, 6.07) is 9.09. The predicted molar refractivity (Wildman–Crippen MR) is 99.1 cm³/mol. The fourth-order valence-electron chi connectivity index (χ4n) is 2.91. The van der Waals surface area contributed by atoms with Crippen molar-refractivity contribution >= 4 is 22.9 Å². The monoisotopic (exact) mass is 351 g/mol. The lowest BCUT2D eigenvalue weighted by molar-refractivity contribution is 0.0600. The first kappa shape index (κ1) is 17.7. The molecule has 2 N–H and O–H groups in total. The van der Waals surface area contributed by atoms with Crippen molar-refractivity contribution < 1.29 is 14.3 Å². The summed E-state index contributed by atoms with van der Waals surface area (Å²) in [7, 11) is 1.35. The second kappa shape index (κ2) is 7.39. The number of hydrogen-bond acceptors (Lipinski definition) is 4. The minimum atomic E-state index is -0.394. The Balaban J connectivity index is 1.80. The standard InChI is InChI=1S/C20H21N3O3/c1-12(2)17-5-4-14(20(25)26-3)9-15(17)10-23-19(24)16-8-13-6-7-21-18(13)22-11-16/h4-9,11-12H,10H2,1-3H3,(H,21,22)(H,23,24). The molecule has 0 bridgehead atoms. The van der Waals surface area contributed by atoms with E-state index in [1.54, 1.807) is 30.6 Å². The average Bonchev–Trinajstić information content (AvgIpc) is 3.12. The number of aromatic nitrogens is 2. The maximum Gasteiger partial charge on any atom is 0.337 e. The third-order valence-corrected chi connectivity index (χ3v) is 4.29. The number of carbonyl (C=O) groups is 2. The van der Waals surface area contributed by atoms with Crippen LogP contribution in [-0.4, -0.2) is 29.0 Å². The molecule has 0 aliphatic carbocycles. The molecule has 2 heterocycles. The topological polar surface area (TPSA) is 84.1 Å². The second-order valence-electron chi connectivity index (χ2n) is 6.38. The fraction of sp³-hybridized carbons (Fsp3) is 0.250. The zero-order valence-electron chi connectivity index (χ0n) is 15.0. The van der Waals surface area contributed by atoms with Crippen LogP contribution < -0.4 is 5.32 Å². The Morgan fingerprint density at radius 2 is 2.00 bits per heavy atom. The minimum Gasteiger partial charge on any atom is -0.465 e. The van der Waals surface area contributed by atoms with E-state index >= 15 is 0 Å². The SMILES string of the molecule is COC(=O)c1ccc(C(C)C)c(CNC(=O)c2cnc3[nH]ccc3c2)c1. The summed E-state index contributed by atoms with van der Waals surface area (Å²) < 4.78 is 4.78. The Bertz CT molecular complexity index is 960. The van der Waals surface area contributed by atoms with Gasteiger partial charge in [0.05, 0.1) is 18.2 Å². The summed E-state index contributed by atoms with van der Waals surface area (Å²) in [4.78, 5) is 31.5. The first-order chi connectivity index (χ1) is 12.5. The molecule has 0 unspecified atom stereocenters. The Hall–Kier alpha value is -3.15. The van der Waals surface area contributed by atoms with E-state index in [-0.39, 0.29) is 11.8 Å². The maximum absolute atomic E-state index is 12.5. The number of hydrogen-bond donors (Lipinski definition) is 2. The van der Waals surface area contributed by atoms with Crippen LogP contribution in [0.3, 0.4) is 0 Å². The summed E-state index contributed by atoms with van der Waals surface area (Å²) in [6.45, 7) is 4.47. The largest absolute Gasteiger partial charge is 0.465 e. The van der Waals surface area contributed by atoms with E-state index in [2.05, 4.69) is 29.1 Å². The third kappa shape index (κ3) is 3.59. The molecule has 1 amide bonds. The van der Waals surface area contributed by atoms with Crippen molar-refractivity contribution in [2.75, 3.05) is 7.11 Å². The number of methoxy groups -OCH3 is 1. The summed E-state index contributed by atoms with van der Waals surface area (Å²) >= 11 is 0. The molecule has 3 rings (SSSR count). The van der Waals surface area contributed by atoms with Gasteiger partial charge in [0.1, 0.15) is 5.65 Å². The van der Waals surface area contributed by atoms with Gasteiger partial charge in [-0.05, 0) is 41.3 Å². The summed E-state index contributed by atoms with van der Waals surface area (Å²) in [5.41, 5.74) is 3.68. The lowest BCUT2D eigenvalue weighted by Gasteiger charge is -2.15. The van der Waals surface area contributed by atoms with Gasteiger partial charge in [-0.3, -0.25) is 4.79 Å². The second-order valence-corrected chi connectivity index (χ2v) is 6.38. The van der Waals surface area contributed by atoms with E-state index in [9.17, 15) is 9.59 Å². The van der Waals surface area contributed by atoms with Crippen molar-refractivity contribution in [3.05, 3.63) is 65.0 Å². The molecule has 6 nitrogen and oxygen atoms in total. The van der Waals surface area contributed by atoms with E-state index < -0.39 is 5.97 Å². The number of carbonyl (C=O) groups excluding carboxylic acids is 2. The Kier molecular flexibility index (Phi) is 5.02. The molecule has 0 spiro atoms. The molecule has 2 aromatic heterocycles. The van der Waals surface area contributed by atoms with Gasteiger partial charge in [0.2, 0.25) is 0 Å². The number of benzene rings is 1. The van der Waals surface area contributed by atoms with Crippen molar-refractivity contribution in [2.24, 2.45) is 0 Å². The number of rotatable bonds is 5. The summed E-state index contributed by atoms with van der Waals surface area (Å²) in [5, 5.41) is 3.79. The van der Waals surface area contributed by atoms with Crippen LogP contribution in [-0.2, 0) is 11.3 Å². The molecule has 0 aliphatic heterocycles. The van der Waals surface area contributed by atoms with Crippen LogP contribution in [0.1, 0.15) is 51.6 Å². The van der Waals surface area contributed by atoms with E-state index in [4.69, 9.17) is 4.74 Å². The van der Waals surface area contributed by atoms with Gasteiger partial charge in [-0.2, -0.15) is 0 Å². The van der Waals surface area contributed by atoms with Crippen molar-refractivity contribution in [3.63, 3.8) is 0 Å². The van der Waals surface area contributed by atoms with Crippen molar-refractivity contribution in [3.8, 4) is 0 Å². The zero-order valence-corrected chi connectivity index (χ0v) is 15.0. The van der Waals surface area contributed by atoms with Crippen molar-refractivity contribution in [1.29, 1.82) is 0 Å². The van der Waals surface area contributed by atoms with Gasteiger partial charge in [0.25, 0.3) is 5.91 Å². The first-order valence-electron chi connectivity index (χ1n) is 8.42. The molecule has 6 heteroatoms. The molecular weight excluding hydrogens is 330 g/mol. The van der Waals surface area contributed by atoms with E-state index in [0.717, 1.165) is 22.2 Å². The van der Waals surface area contributed by atoms with Gasteiger partial charge in [0.15, 0.2) is 0 Å². The summed E-state index contributed by atoms with van der Waals surface area (Å²) in [5.74, 6) is -0.333. The smallest absolute Gasteiger partial charge is 0.337 e. The highest BCUT2D eigenvalue weighted by Gasteiger charge is 2.14. The highest BCUT2D eigenvalue weighted by molar-refractivity contribution is 5.97. The van der Waals surface area contributed by atoms with E-state index in [1.165, 1.54) is 7.11 Å². The highest BCUT2D eigenvalue weighted by Crippen LogP contribution is 2.21. The van der Waals surface area contributed by atoms with Crippen molar-refractivity contribution in [1.82, 2.24) is 15.3 Å². The van der Waals surface area contributed by atoms with Crippen molar-refractivity contribution in [2.45, 2.75) is 26.3 Å². The number of pyridine rings is 1. The maximum atomic E-state index is 12.5. The molecule has 0 atom stereocenters. The van der Waals surface area contributed by atoms with Crippen LogP contribution in [0, 0.1) is 0 Å². The lowest BCUT2D eigenvalue weighted by Crippen LogP contribution is -2.24. The van der Waals surface area contributed by atoms with Gasteiger partial charge in [-0.15, -0.1) is 0 Å². The minimum absolute atomic E-state index is 0.209. The Morgan fingerprint density at radius 3 is 2.73 bits per heavy atom. The predicted octanol–water partition coefficient (Wildman–Crippen LogP) is 3.40. The molecule has 0 saturated heterocycles. The van der Waals surface area contributed by atoms with Crippen LogP contribution in [0.2, 0.25) is 0 Å². The molecular formula is C20H21N3O3. The number of nitrogens with zero attached hydrogens (tertiary/aromatic N) is 1. The molecule has 0 aliphatic rings. The number of H-pyrrole nitrogens is 1. The molecule has 3 aromatic rings. The lowest BCUT2D eigenvalue weighted by atomic mass is 9.95. The molecule has 0 radical (unpaired) electrons. The summed E-state index contributed by atoms with van der Waals surface area (Å²) in [6.07, 6.45) is 3.33. The molecule has 0 saturated carbocycles. The first-order valence-corrected chi connectivity index (χ1v) is 8.42. The van der Waals surface area contributed by atoms with E-state index in [1.807, 2.05) is 12.1 Å². The molecule has 0 fully saturated rings. The number of nitrogens with one attached hydrogen (secondary N) is 2. The molecule has 26 heavy (non-hydrogen) atoms. The number of ether oxygens (including phenoxy) is 1. The van der Waals surface area contributed by atoms with Gasteiger partial charge in [-0.25, -0.2) is 9.78 Å². The fourth-order valence-corrected chi connectivity index (χ4v) is 2.91. The van der Waals surface area contributed by atoms with Gasteiger partial charge >= 0.3 is 5.97 Å². The normalized spacial score (nSPS) is 10.9. The molecule has 134 valence electrons. The van der Waals surface area contributed by atoms with Gasteiger partial charge in [-0.1, -0.05) is 19.9 Å². The highest BCUT2D eigenvalue weighted by atomic mass is 16.5. The number of aromatic amines is 1. The Morgan fingerprint density at radius 1 is 1.19 bits per heavy atom. The van der Waals surface area contributed by atoms with Gasteiger partial charge < -0.3 is 15.0 Å². The van der Waals surface area contributed by atoms with Crippen LogP contribution in [0.4, 0.5) is 0 Å². The van der Waals surface area contributed by atoms with Crippen LogP contribution in [0.15, 0.2) is 42.7 Å². The average molecular weight is 351 g/mol. The van der Waals surface area contributed by atoms with Crippen LogP contribution in [0.5, 0.6) is 0 Å². The number of esters is 1.